The van der Waals surface area contributed by atoms with Gasteiger partial charge in [-0.2, -0.15) is 8.42 Å². The number of H-pyrrole nitrogens is 1. The van der Waals surface area contributed by atoms with E-state index in [1.165, 1.54) is 0 Å². The zero-order valence-corrected chi connectivity index (χ0v) is 8.21. The summed E-state index contributed by atoms with van der Waals surface area (Å²) in [6.07, 6.45) is 4.03. The van der Waals surface area contributed by atoms with E-state index in [0.717, 1.165) is 5.82 Å². The number of aromatic nitrogens is 2. The number of nitrogens with one attached hydrogen (secondary N) is 1. The Hall–Kier alpha value is -0.880. The molecule has 0 fully saturated rings. The SMILES string of the molecule is Cc1[nH]cc[n+]1CCCS(=O)(=O)O. The van der Waals surface area contributed by atoms with Gasteiger partial charge in [-0.05, 0) is 0 Å². The van der Waals surface area contributed by atoms with Crippen LogP contribution in [0, 0.1) is 6.92 Å². The van der Waals surface area contributed by atoms with Crippen molar-refractivity contribution in [2.75, 3.05) is 5.75 Å². The highest BCUT2D eigenvalue weighted by molar-refractivity contribution is 7.85. The van der Waals surface area contributed by atoms with Gasteiger partial charge in [-0.15, -0.1) is 0 Å². The van der Waals surface area contributed by atoms with Gasteiger partial charge in [0.15, 0.2) is 0 Å². The van der Waals surface area contributed by atoms with E-state index in [4.69, 9.17) is 4.55 Å². The van der Waals surface area contributed by atoms with E-state index in [1.807, 2.05) is 17.7 Å². The Morgan fingerprint density at radius 3 is 2.77 bits per heavy atom. The van der Waals surface area contributed by atoms with E-state index in [0.29, 0.717) is 13.0 Å². The van der Waals surface area contributed by atoms with Crippen LogP contribution >= 0.6 is 0 Å². The second-order valence-electron chi connectivity index (χ2n) is 2.88. The Labute approximate surface area is 77.2 Å². The topological polar surface area (TPSA) is 74.0 Å². The largest absolute Gasteiger partial charge is 0.286 e. The van der Waals surface area contributed by atoms with Crippen molar-refractivity contribution in [1.29, 1.82) is 0 Å². The molecule has 0 radical (unpaired) electrons. The van der Waals surface area contributed by atoms with Crippen molar-refractivity contribution < 1.29 is 17.5 Å². The van der Waals surface area contributed by atoms with E-state index in [2.05, 4.69) is 4.98 Å². The molecule has 6 heteroatoms. The van der Waals surface area contributed by atoms with Crippen LogP contribution in [0.15, 0.2) is 12.4 Å². The maximum absolute atomic E-state index is 10.4. The van der Waals surface area contributed by atoms with Crippen molar-refractivity contribution in [2.45, 2.75) is 19.9 Å². The summed E-state index contributed by atoms with van der Waals surface area (Å²) >= 11 is 0. The van der Waals surface area contributed by atoms with E-state index in [-0.39, 0.29) is 5.75 Å². The Morgan fingerprint density at radius 1 is 1.62 bits per heavy atom. The van der Waals surface area contributed by atoms with Crippen LogP contribution in [0.5, 0.6) is 0 Å². The van der Waals surface area contributed by atoms with Gasteiger partial charge in [0.2, 0.25) is 0 Å². The molecule has 1 heterocycles. The first kappa shape index (κ1) is 10.2. The van der Waals surface area contributed by atoms with Crippen molar-refractivity contribution in [3.05, 3.63) is 18.2 Å². The summed E-state index contributed by atoms with van der Waals surface area (Å²) in [4.78, 5) is 2.97. The minimum Gasteiger partial charge on any atom is -0.286 e. The Balaban J connectivity index is 2.41. The highest BCUT2D eigenvalue weighted by Gasteiger charge is 2.07. The lowest BCUT2D eigenvalue weighted by Crippen LogP contribution is -2.35. The smallest absolute Gasteiger partial charge is 0.265 e. The number of nitrogens with zero attached hydrogens (tertiary/aromatic N) is 1. The molecule has 0 saturated heterocycles. The van der Waals surface area contributed by atoms with Crippen molar-refractivity contribution in [2.24, 2.45) is 0 Å². The molecule has 0 unspecified atom stereocenters. The molecule has 0 saturated carbocycles. The van der Waals surface area contributed by atoms with Crippen molar-refractivity contribution in [3.8, 4) is 0 Å². The molecule has 0 aliphatic rings. The first-order valence-corrected chi connectivity index (χ1v) is 5.58. The quantitative estimate of drug-likeness (QED) is 0.532. The molecule has 13 heavy (non-hydrogen) atoms. The molecule has 0 bridgehead atoms. The summed E-state index contributed by atoms with van der Waals surface area (Å²) in [5.74, 6) is 0.778. The number of aromatic amines is 1. The number of rotatable bonds is 4. The fourth-order valence-electron chi connectivity index (χ4n) is 1.10. The molecule has 5 nitrogen and oxygen atoms in total. The van der Waals surface area contributed by atoms with Gasteiger partial charge in [0.25, 0.3) is 15.9 Å². The summed E-state index contributed by atoms with van der Waals surface area (Å²) in [6.45, 7) is 2.49. The molecular formula is C7H13N2O3S+. The van der Waals surface area contributed by atoms with Crippen LogP contribution in [-0.4, -0.2) is 23.7 Å². The standard InChI is InChI=1S/C7H12N2O3S/c1-7-8-3-5-9(7)4-2-6-13(10,11)12/h3,5H,2,4,6H2,1H3,(H,10,11,12)/p+1. The van der Waals surface area contributed by atoms with Crippen LogP contribution in [0.4, 0.5) is 0 Å². The predicted molar refractivity (Wildman–Crippen MR) is 46.8 cm³/mol. The summed E-state index contributed by atoms with van der Waals surface area (Å²) in [5.41, 5.74) is 0. The van der Waals surface area contributed by atoms with Crippen LogP contribution in [0.1, 0.15) is 12.2 Å². The average Bonchev–Trinajstić information content (AvgIpc) is 2.34. The van der Waals surface area contributed by atoms with E-state index >= 15 is 0 Å². The van der Waals surface area contributed by atoms with Crippen LogP contribution in [0.2, 0.25) is 0 Å². The second kappa shape index (κ2) is 3.89. The summed E-state index contributed by atoms with van der Waals surface area (Å²) in [7, 11) is -3.81. The molecule has 0 amide bonds. The van der Waals surface area contributed by atoms with Crippen molar-refractivity contribution >= 4 is 10.1 Å². The molecule has 1 aromatic rings. The normalized spacial score (nSPS) is 11.8. The zero-order chi connectivity index (χ0) is 9.90. The summed E-state index contributed by atoms with van der Waals surface area (Å²) in [5, 5.41) is 0. The predicted octanol–water partition coefficient (Wildman–Crippen LogP) is -0.111. The lowest BCUT2D eigenvalue weighted by Gasteiger charge is -1.96. The number of hydrogen-bond donors (Lipinski definition) is 2. The maximum atomic E-state index is 10.4. The zero-order valence-electron chi connectivity index (χ0n) is 7.40. The first-order chi connectivity index (χ1) is 5.99. The molecule has 0 aliphatic carbocycles. The van der Waals surface area contributed by atoms with Crippen LogP contribution in [-0.2, 0) is 16.7 Å². The second-order valence-corrected chi connectivity index (χ2v) is 4.45. The molecule has 1 rings (SSSR count). The molecule has 74 valence electrons. The minimum atomic E-state index is -3.81. The van der Waals surface area contributed by atoms with Crippen molar-refractivity contribution in [1.82, 2.24) is 4.98 Å². The third kappa shape index (κ3) is 3.56. The lowest BCUT2D eigenvalue weighted by atomic mass is 10.4. The molecule has 1 aromatic heterocycles. The number of imidazole rings is 1. The Bertz CT molecular complexity index is 369. The van der Waals surface area contributed by atoms with E-state index < -0.39 is 10.1 Å². The molecule has 0 spiro atoms. The highest BCUT2D eigenvalue weighted by Crippen LogP contribution is 1.90. The van der Waals surface area contributed by atoms with Gasteiger partial charge in [-0.1, -0.05) is 0 Å². The average molecular weight is 205 g/mol. The molecule has 0 atom stereocenters. The fraction of sp³-hybridized carbons (Fsp3) is 0.571. The third-order valence-corrected chi connectivity index (χ3v) is 2.58. The van der Waals surface area contributed by atoms with Gasteiger partial charge >= 0.3 is 0 Å². The van der Waals surface area contributed by atoms with E-state index in [9.17, 15) is 8.42 Å². The molecular weight excluding hydrogens is 192 g/mol. The highest BCUT2D eigenvalue weighted by atomic mass is 32.2. The van der Waals surface area contributed by atoms with Gasteiger partial charge in [0, 0.05) is 13.3 Å². The number of aryl methyl sites for hydroxylation is 2. The Kier molecular flexibility index (Phi) is 3.05. The van der Waals surface area contributed by atoms with Gasteiger partial charge in [0.1, 0.15) is 12.4 Å². The molecule has 0 aliphatic heterocycles. The van der Waals surface area contributed by atoms with Gasteiger partial charge in [-0.25, -0.2) is 9.55 Å². The lowest BCUT2D eigenvalue weighted by molar-refractivity contribution is -0.701. The first-order valence-electron chi connectivity index (χ1n) is 3.97. The van der Waals surface area contributed by atoms with Crippen LogP contribution < -0.4 is 4.57 Å². The monoisotopic (exact) mass is 205 g/mol. The van der Waals surface area contributed by atoms with Crippen LogP contribution in [0.3, 0.4) is 0 Å². The van der Waals surface area contributed by atoms with Crippen LogP contribution in [0.25, 0.3) is 0 Å². The van der Waals surface area contributed by atoms with Crippen molar-refractivity contribution in [3.63, 3.8) is 0 Å². The minimum absolute atomic E-state index is 0.190. The number of hydrogen-bond acceptors (Lipinski definition) is 2. The Morgan fingerprint density at radius 2 is 2.31 bits per heavy atom. The van der Waals surface area contributed by atoms with E-state index in [1.54, 1.807) is 6.20 Å². The molecule has 0 aromatic carbocycles. The fourth-order valence-corrected chi connectivity index (χ4v) is 1.60. The summed E-state index contributed by atoms with van der Waals surface area (Å²) < 4.78 is 31.1. The third-order valence-electron chi connectivity index (χ3n) is 1.78. The van der Waals surface area contributed by atoms with Gasteiger partial charge in [-0.3, -0.25) is 4.55 Å². The van der Waals surface area contributed by atoms with Gasteiger partial charge in [0.05, 0.1) is 12.3 Å². The van der Waals surface area contributed by atoms with Gasteiger partial charge < -0.3 is 0 Å². The maximum Gasteiger partial charge on any atom is 0.265 e. The summed E-state index contributed by atoms with van der Waals surface area (Å²) in [6, 6.07) is 0. The molecule has 2 N–H and O–H groups in total.